The molecule has 0 saturated heterocycles. The minimum absolute atomic E-state index is 0.0392. The summed E-state index contributed by atoms with van der Waals surface area (Å²) >= 11 is 2.79. The number of thioether (sulfide) groups is 1. The normalized spacial score (nSPS) is 10.8. The molecule has 22 heavy (non-hydrogen) atoms. The number of fused-ring (bicyclic) bond motifs is 1. The van der Waals surface area contributed by atoms with Crippen LogP contribution in [0, 0.1) is 6.92 Å². The Labute approximate surface area is 133 Å². The molecule has 0 aliphatic rings. The van der Waals surface area contributed by atoms with Gasteiger partial charge in [0.25, 0.3) is 11.7 Å². The van der Waals surface area contributed by atoms with Crippen molar-refractivity contribution in [2.75, 3.05) is 11.1 Å². The van der Waals surface area contributed by atoms with Gasteiger partial charge in [-0.1, -0.05) is 29.2 Å². The number of anilines is 1. The topological polar surface area (TPSA) is 98.0 Å². The number of rotatable bonds is 5. The van der Waals surface area contributed by atoms with E-state index in [9.17, 15) is 4.79 Å². The van der Waals surface area contributed by atoms with Crippen LogP contribution in [0.15, 0.2) is 29.3 Å². The number of nitrogens with one attached hydrogen (secondary N) is 1. The van der Waals surface area contributed by atoms with Crippen molar-refractivity contribution < 1.29 is 4.79 Å². The molecule has 0 fully saturated rings. The van der Waals surface area contributed by atoms with E-state index in [-0.39, 0.29) is 5.82 Å². The summed E-state index contributed by atoms with van der Waals surface area (Å²) in [6, 6.07) is 1.79. The molecule has 0 unspecified atom stereocenters. The molecule has 10 heteroatoms. The highest BCUT2D eigenvalue weighted by atomic mass is 32.2. The third kappa shape index (κ3) is 2.97. The van der Waals surface area contributed by atoms with Crippen LogP contribution in [0.5, 0.6) is 0 Å². The van der Waals surface area contributed by atoms with Gasteiger partial charge in [-0.25, -0.2) is 9.50 Å². The van der Waals surface area contributed by atoms with Gasteiger partial charge < -0.3 is 0 Å². The lowest BCUT2D eigenvalue weighted by atomic mass is 10.5. The Balaban J connectivity index is 1.76. The largest absolute Gasteiger partial charge is 0.297 e. The standard InChI is InChI=1S/C12H11N7OS2/c1-3-6-21-12-17-16-11(22-12)15-9(20)8-14-10-13-5-4-7(2)19(10)18-8/h3-5H,1,6H2,2H3,(H,15,16,20). The van der Waals surface area contributed by atoms with E-state index in [1.807, 2.05) is 6.92 Å². The van der Waals surface area contributed by atoms with Gasteiger partial charge in [0.05, 0.1) is 0 Å². The molecule has 1 N–H and O–H groups in total. The maximum absolute atomic E-state index is 12.2. The summed E-state index contributed by atoms with van der Waals surface area (Å²) in [5.41, 5.74) is 0.843. The van der Waals surface area contributed by atoms with Gasteiger partial charge in [-0.3, -0.25) is 10.1 Å². The first-order chi connectivity index (χ1) is 10.7. The molecule has 3 heterocycles. The van der Waals surface area contributed by atoms with Crippen molar-refractivity contribution in [3.63, 3.8) is 0 Å². The SMILES string of the molecule is C=CCSc1nnc(NC(=O)c2nc3nccc(C)n3n2)s1. The van der Waals surface area contributed by atoms with E-state index in [1.54, 1.807) is 18.3 Å². The fraction of sp³-hybridized carbons (Fsp3) is 0.167. The third-order valence-electron chi connectivity index (χ3n) is 2.58. The van der Waals surface area contributed by atoms with Crippen molar-refractivity contribution in [2.45, 2.75) is 11.3 Å². The van der Waals surface area contributed by atoms with E-state index in [4.69, 9.17) is 0 Å². The molecule has 0 aliphatic heterocycles. The van der Waals surface area contributed by atoms with Gasteiger partial charge in [-0.2, -0.15) is 4.98 Å². The molecule has 0 atom stereocenters. The van der Waals surface area contributed by atoms with E-state index in [2.05, 4.69) is 37.2 Å². The maximum atomic E-state index is 12.2. The lowest BCUT2D eigenvalue weighted by Crippen LogP contribution is -2.13. The summed E-state index contributed by atoms with van der Waals surface area (Å²) in [5, 5.41) is 15.1. The van der Waals surface area contributed by atoms with Crippen molar-refractivity contribution in [1.82, 2.24) is 29.8 Å². The highest BCUT2D eigenvalue weighted by molar-refractivity contribution is 8.01. The molecule has 0 aliphatic carbocycles. The van der Waals surface area contributed by atoms with E-state index in [0.29, 0.717) is 10.9 Å². The number of hydrogen-bond acceptors (Lipinski definition) is 8. The van der Waals surface area contributed by atoms with Gasteiger partial charge in [-0.15, -0.1) is 21.9 Å². The van der Waals surface area contributed by atoms with Gasteiger partial charge in [0.2, 0.25) is 11.0 Å². The Kier molecular flexibility index (Phi) is 4.11. The van der Waals surface area contributed by atoms with Crippen molar-refractivity contribution in [3.8, 4) is 0 Å². The fourth-order valence-electron chi connectivity index (χ4n) is 1.60. The molecule has 3 aromatic heterocycles. The minimum Gasteiger partial charge on any atom is -0.294 e. The number of amides is 1. The van der Waals surface area contributed by atoms with Crippen molar-refractivity contribution in [3.05, 3.63) is 36.4 Å². The zero-order valence-electron chi connectivity index (χ0n) is 11.6. The van der Waals surface area contributed by atoms with Crippen LogP contribution in [0.4, 0.5) is 5.13 Å². The van der Waals surface area contributed by atoms with Crippen LogP contribution in [0.25, 0.3) is 5.78 Å². The lowest BCUT2D eigenvalue weighted by Gasteiger charge is -1.95. The summed E-state index contributed by atoms with van der Waals surface area (Å²) in [4.78, 5) is 20.3. The Morgan fingerprint density at radius 1 is 1.55 bits per heavy atom. The average Bonchev–Trinajstić information content (AvgIpc) is 3.12. The second-order valence-electron chi connectivity index (χ2n) is 4.16. The minimum atomic E-state index is -0.443. The molecule has 112 valence electrons. The second-order valence-corrected chi connectivity index (χ2v) is 6.41. The Morgan fingerprint density at radius 3 is 3.18 bits per heavy atom. The molecule has 3 rings (SSSR count). The molecule has 0 aromatic carbocycles. The zero-order chi connectivity index (χ0) is 15.5. The fourth-order valence-corrected chi connectivity index (χ4v) is 3.11. The van der Waals surface area contributed by atoms with Crippen LogP contribution in [0.2, 0.25) is 0 Å². The van der Waals surface area contributed by atoms with E-state index < -0.39 is 5.91 Å². The Hall–Kier alpha value is -2.33. The first kappa shape index (κ1) is 14.6. The molecule has 3 aromatic rings. The van der Waals surface area contributed by atoms with Crippen LogP contribution in [0.3, 0.4) is 0 Å². The van der Waals surface area contributed by atoms with Crippen molar-refractivity contribution >= 4 is 39.9 Å². The van der Waals surface area contributed by atoms with E-state index in [0.717, 1.165) is 15.8 Å². The van der Waals surface area contributed by atoms with Crippen LogP contribution in [-0.4, -0.2) is 41.4 Å². The van der Waals surface area contributed by atoms with Gasteiger partial charge in [-0.05, 0) is 13.0 Å². The molecule has 8 nitrogen and oxygen atoms in total. The van der Waals surface area contributed by atoms with Crippen LogP contribution in [-0.2, 0) is 0 Å². The Bertz CT molecular complexity index is 841. The number of aryl methyl sites for hydroxylation is 1. The average molecular weight is 333 g/mol. The van der Waals surface area contributed by atoms with Crippen molar-refractivity contribution in [1.29, 1.82) is 0 Å². The monoisotopic (exact) mass is 333 g/mol. The third-order valence-corrected chi connectivity index (χ3v) is 4.55. The summed E-state index contributed by atoms with van der Waals surface area (Å²) in [6.45, 7) is 5.50. The van der Waals surface area contributed by atoms with Gasteiger partial charge in [0, 0.05) is 17.6 Å². The summed E-state index contributed by atoms with van der Waals surface area (Å²) in [5.74, 6) is 0.713. The van der Waals surface area contributed by atoms with Gasteiger partial charge in [0.1, 0.15) is 0 Å². The smallest absolute Gasteiger partial charge is 0.294 e. The number of carbonyl (C=O) groups is 1. The summed E-state index contributed by atoms with van der Waals surface area (Å²) < 4.78 is 2.27. The van der Waals surface area contributed by atoms with Crippen molar-refractivity contribution in [2.24, 2.45) is 0 Å². The first-order valence-corrected chi connectivity index (χ1v) is 8.04. The second kappa shape index (κ2) is 6.20. The predicted octanol–water partition coefficient (Wildman–Crippen LogP) is 1.81. The van der Waals surface area contributed by atoms with Gasteiger partial charge >= 0.3 is 0 Å². The summed E-state index contributed by atoms with van der Waals surface area (Å²) in [7, 11) is 0. The molecule has 0 radical (unpaired) electrons. The quantitative estimate of drug-likeness (QED) is 0.432. The zero-order valence-corrected chi connectivity index (χ0v) is 13.2. The molecule has 0 spiro atoms. The van der Waals surface area contributed by atoms with Gasteiger partial charge in [0.15, 0.2) is 4.34 Å². The number of aromatic nitrogens is 6. The number of nitrogens with zero attached hydrogens (tertiary/aromatic N) is 6. The molecule has 0 saturated carbocycles. The van der Waals surface area contributed by atoms with Crippen LogP contribution in [0.1, 0.15) is 16.3 Å². The lowest BCUT2D eigenvalue weighted by molar-refractivity contribution is 0.101. The van der Waals surface area contributed by atoms with E-state index >= 15 is 0 Å². The maximum Gasteiger partial charge on any atom is 0.297 e. The molecular weight excluding hydrogens is 322 g/mol. The summed E-state index contributed by atoms with van der Waals surface area (Å²) in [6.07, 6.45) is 3.40. The van der Waals surface area contributed by atoms with Crippen LogP contribution >= 0.6 is 23.1 Å². The number of hydrogen-bond donors (Lipinski definition) is 1. The van der Waals surface area contributed by atoms with E-state index in [1.165, 1.54) is 27.6 Å². The first-order valence-electron chi connectivity index (χ1n) is 6.24. The molecule has 1 amide bonds. The number of carbonyl (C=O) groups excluding carboxylic acids is 1. The molecule has 0 bridgehead atoms. The predicted molar refractivity (Wildman–Crippen MR) is 84.3 cm³/mol. The van der Waals surface area contributed by atoms with Crippen LogP contribution < -0.4 is 5.32 Å². The Morgan fingerprint density at radius 2 is 2.41 bits per heavy atom. The molecular formula is C12H11N7OS2. The highest BCUT2D eigenvalue weighted by Gasteiger charge is 2.16. The highest BCUT2D eigenvalue weighted by Crippen LogP contribution is 2.25.